The Labute approximate surface area is 84.0 Å². The summed E-state index contributed by atoms with van der Waals surface area (Å²) >= 11 is 0. The number of allylic oxidation sites excluding steroid dienone is 1. The van der Waals surface area contributed by atoms with Crippen molar-refractivity contribution in [3.8, 4) is 0 Å². The lowest BCUT2D eigenvalue weighted by Gasteiger charge is -2.04. The van der Waals surface area contributed by atoms with E-state index in [1.54, 1.807) is 0 Å². The second-order valence-electron chi connectivity index (χ2n) is 2.98. The van der Waals surface area contributed by atoms with E-state index in [4.69, 9.17) is 5.11 Å². The number of nitrogens with one attached hydrogen (secondary N) is 1. The molecular formula is C10H17NO3. The molecule has 0 fully saturated rings. The van der Waals surface area contributed by atoms with Crippen molar-refractivity contribution in [3.05, 3.63) is 11.8 Å². The fraction of sp³-hybridized carbons (Fsp3) is 0.600. The van der Waals surface area contributed by atoms with Gasteiger partial charge in [-0.1, -0.05) is 26.3 Å². The second-order valence-corrected chi connectivity index (χ2v) is 2.98. The second kappa shape index (κ2) is 7.12. The Morgan fingerprint density at radius 3 is 2.43 bits per heavy atom. The molecule has 0 heterocycles. The molecule has 0 bridgehead atoms. The number of rotatable bonds is 6. The molecule has 0 saturated heterocycles. The first-order valence-corrected chi connectivity index (χ1v) is 4.85. The van der Waals surface area contributed by atoms with Gasteiger partial charge in [-0.05, 0) is 12.8 Å². The van der Waals surface area contributed by atoms with E-state index >= 15 is 0 Å². The van der Waals surface area contributed by atoms with Gasteiger partial charge < -0.3 is 10.4 Å². The smallest absolute Gasteiger partial charge is 0.352 e. The Balaban J connectivity index is 4.11. The summed E-state index contributed by atoms with van der Waals surface area (Å²) < 4.78 is 0. The van der Waals surface area contributed by atoms with Crippen LogP contribution in [0.1, 0.15) is 39.5 Å². The molecule has 0 aromatic rings. The molecule has 14 heavy (non-hydrogen) atoms. The predicted molar refractivity (Wildman–Crippen MR) is 53.7 cm³/mol. The third kappa shape index (κ3) is 5.35. The maximum absolute atomic E-state index is 11.2. The molecule has 4 heteroatoms. The van der Waals surface area contributed by atoms with Gasteiger partial charge in [-0.25, -0.2) is 4.79 Å². The lowest BCUT2D eigenvalue weighted by atomic mass is 10.2. The SMILES string of the molecule is CC/C=C(/NC(=O)CCCC)C(=O)O. The number of carboxylic acids is 1. The monoisotopic (exact) mass is 199 g/mol. The van der Waals surface area contributed by atoms with Crippen molar-refractivity contribution >= 4 is 11.9 Å². The largest absolute Gasteiger partial charge is 0.477 e. The van der Waals surface area contributed by atoms with E-state index in [-0.39, 0.29) is 11.6 Å². The number of aliphatic carboxylic acids is 1. The van der Waals surface area contributed by atoms with Crippen LogP contribution in [0.15, 0.2) is 11.8 Å². The highest BCUT2D eigenvalue weighted by Crippen LogP contribution is 1.97. The average molecular weight is 199 g/mol. The van der Waals surface area contributed by atoms with E-state index in [2.05, 4.69) is 5.32 Å². The summed E-state index contributed by atoms with van der Waals surface area (Å²) in [6.07, 6.45) is 4.17. The fourth-order valence-corrected chi connectivity index (χ4v) is 0.946. The summed E-state index contributed by atoms with van der Waals surface area (Å²) in [6, 6.07) is 0. The minimum absolute atomic E-state index is 0.0198. The van der Waals surface area contributed by atoms with Gasteiger partial charge in [0.2, 0.25) is 5.91 Å². The summed E-state index contributed by atoms with van der Waals surface area (Å²) in [7, 11) is 0. The molecule has 0 unspecified atom stereocenters. The minimum Gasteiger partial charge on any atom is -0.477 e. The molecular weight excluding hydrogens is 182 g/mol. The quantitative estimate of drug-likeness (QED) is 0.639. The van der Waals surface area contributed by atoms with Gasteiger partial charge in [-0.2, -0.15) is 0 Å². The topological polar surface area (TPSA) is 66.4 Å². The normalized spacial score (nSPS) is 11.1. The summed E-state index contributed by atoms with van der Waals surface area (Å²) in [5, 5.41) is 11.1. The van der Waals surface area contributed by atoms with Crippen molar-refractivity contribution in [1.82, 2.24) is 5.32 Å². The van der Waals surface area contributed by atoms with Crippen LogP contribution in [0.3, 0.4) is 0 Å². The molecule has 0 saturated carbocycles. The molecule has 0 aliphatic carbocycles. The molecule has 0 aliphatic heterocycles. The lowest BCUT2D eigenvalue weighted by Crippen LogP contribution is -2.26. The van der Waals surface area contributed by atoms with Crippen molar-refractivity contribution in [3.63, 3.8) is 0 Å². The highest BCUT2D eigenvalue weighted by molar-refractivity contribution is 5.92. The maximum atomic E-state index is 11.2. The fourth-order valence-electron chi connectivity index (χ4n) is 0.946. The molecule has 1 amide bonds. The van der Waals surface area contributed by atoms with Crippen LogP contribution in [0.2, 0.25) is 0 Å². The predicted octanol–water partition coefficient (Wildman–Crippen LogP) is 1.67. The van der Waals surface area contributed by atoms with E-state index in [1.807, 2.05) is 13.8 Å². The van der Waals surface area contributed by atoms with Gasteiger partial charge >= 0.3 is 5.97 Å². The molecule has 0 atom stereocenters. The zero-order valence-electron chi connectivity index (χ0n) is 8.67. The van der Waals surface area contributed by atoms with Crippen molar-refractivity contribution in [1.29, 1.82) is 0 Å². The molecule has 2 N–H and O–H groups in total. The number of amides is 1. The van der Waals surface area contributed by atoms with Gasteiger partial charge in [0.05, 0.1) is 0 Å². The third-order valence-electron chi connectivity index (χ3n) is 1.67. The van der Waals surface area contributed by atoms with Crippen LogP contribution in [0, 0.1) is 0 Å². The minimum atomic E-state index is -1.09. The Morgan fingerprint density at radius 1 is 1.36 bits per heavy atom. The van der Waals surface area contributed by atoms with Gasteiger partial charge in [-0.3, -0.25) is 4.79 Å². The van der Waals surface area contributed by atoms with Crippen molar-refractivity contribution in [2.45, 2.75) is 39.5 Å². The van der Waals surface area contributed by atoms with Gasteiger partial charge in [-0.15, -0.1) is 0 Å². The van der Waals surface area contributed by atoms with Crippen LogP contribution in [-0.2, 0) is 9.59 Å². The molecule has 0 spiro atoms. The maximum Gasteiger partial charge on any atom is 0.352 e. The van der Waals surface area contributed by atoms with Crippen LogP contribution in [0.5, 0.6) is 0 Å². The summed E-state index contributed by atoms with van der Waals surface area (Å²) in [5.74, 6) is -1.31. The highest BCUT2D eigenvalue weighted by atomic mass is 16.4. The number of carbonyl (C=O) groups excluding carboxylic acids is 1. The first-order chi connectivity index (χ1) is 6.61. The molecule has 0 aromatic heterocycles. The van der Waals surface area contributed by atoms with Crippen LogP contribution < -0.4 is 5.32 Å². The lowest BCUT2D eigenvalue weighted by molar-refractivity contribution is -0.134. The van der Waals surface area contributed by atoms with Crippen molar-refractivity contribution < 1.29 is 14.7 Å². The summed E-state index contributed by atoms with van der Waals surface area (Å²) in [6.45, 7) is 3.80. The Morgan fingerprint density at radius 2 is 2.00 bits per heavy atom. The summed E-state index contributed by atoms with van der Waals surface area (Å²) in [5.41, 5.74) is -0.0198. The van der Waals surface area contributed by atoms with Gasteiger partial charge in [0, 0.05) is 6.42 Å². The number of hydrogen-bond acceptors (Lipinski definition) is 2. The number of hydrogen-bond donors (Lipinski definition) is 2. The number of unbranched alkanes of at least 4 members (excludes halogenated alkanes) is 1. The van der Waals surface area contributed by atoms with E-state index < -0.39 is 5.97 Å². The number of carbonyl (C=O) groups is 2. The van der Waals surface area contributed by atoms with Crippen LogP contribution in [0.25, 0.3) is 0 Å². The highest BCUT2D eigenvalue weighted by Gasteiger charge is 2.09. The zero-order chi connectivity index (χ0) is 11.0. The third-order valence-corrected chi connectivity index (χ3v) is 1.67. The molecule has 0 rings (SSSR count). The van der Waals surface area contributed by atoms with Crippen molar-refractivity contribution in [2.24, 2.45) is 0 Å². The average Bonchev–Trinajstić information content (AvgIpc) is 2.14. The van der Waals surface area contributed by atoms with Crippen LogP contribution in [-0.4, -0.2) is 17.0 Å². The Hall–Kier alpha value is -1.32. The van der Waals surface area contributed by atoms with E-state index in [0.29, 0.717) is 12.8 Å². The van der Waals surface area contributed by atoms with Crippen molar-refractivity contribution in [2.75, 3.05) is 0 Å². The zero-order valence-corrected chi connectivity index (χ0v) is 8.67. The first kappa shape index (κ1) is 12.7. The Bertz CT molecular complexity index is 234. The molecule has 0 aromatic carbocycles. The molecule has 0 aliphatic rings. The van der Waals surface area contributed by atoms with Crippen LogP contribution >= 0.6 is 0 Å². The van der Waals surface area contributed by atoms with Gasteiger partial charge in [0.25, 0.3) is 0 Å². The van der Waals surface area contributed by atoms with Gasteiger partial charge in [0.15, 0.2) is 0 Å². The van der Waals surface area contributed by atoms with E-state index in [0.717, 1.165) is 12.8 Å². The molecule has 80 valence electrons. The van der Waals surface area contributed by atoms with Gasteiger partial charge in [0.1, 0.15) is 5.70 Å². The molecule has 0 radical (unpaired) electrons. The Kier molecular flexibility index (Phi) is 6.45. The summed E-state index contributed by atoms with van der Waals surface area (Å²) in [4.78, 5) is 21.8. The van der Waals surface area contributed by atoms with E-state index in [9.17, 15) is 9.59 Å². The first-order valence-electron chi connectivity index (χ1n) is 4.85. The number of carboxylic acid groups (broad SMARTS) is 1. The standard InChI is InChI=1S/C10H17NO3/c1-3-5-7-9(12)11-8(6-4-2)10(13)14/h6H,3-5,7H2,1-2H3,(H,11,12)(H,13,14)/b8-6+. The molecule has 4 nitrogen and oxygen atoms in total. The van der Waals surface area contributed by atoms with Crippen LogP contribution in [0.4, 0.5) is 0 Å². The van der Waals surface area contributed by atoms with E-state index in [1.165, 1.54) is 6.08 Å².